The van der Waals surface area contributed by atoms with Crippen molar-refractivity contribution in [1.82, 2.24) is 19.9 Å². The van der Waals surface area contributed by atoms with Gasteiger partial charge in [0.25, 0.3) is 5.91 Å². The van der Waals surface area contributed by atoms with Crippen LogP contribution < -0.4 is 10.6 Å². The first-order chi connectivity index (χ1) is 14.5. The Balaban J connectivity index is 1.29. The van der Waals surface area contributed by atoms with E-state index in [1.54, 1.807) is 18.4 Å². The Morgan fingerprint density at radius 1 is 1.17 bits per heavy atom. The molecule has 8 nitrogen and oxygen atoms in total. The maximum Gasteiger partial charge on any atom is 0.260 e. The molecular formula is C21H21N5O3S. The monoisotopic (exact) mass is 423 g/mol. The summed E-state index contributed by atoms with van der Waals surface area (Å²) in [6.07, 6.45) is 1.62. The summed E-state index contributed by atoms with van der Waals surface area (Å²) >= 11 is 1.28. The van der Waals surface area contributed by atoms with Gasteiger partial charge < -0.3 is 14.3 Å². The number of fused-ring (bicyclic) bond motifs is 1. The first-order valence-corrected chi connectivity index (χ1v) is 10.4. The number of anilines is 1. The quantitative estimate of drug-likeness (QED) is 0.475. The van der Waals surface area contributed by atoms with Crippen LogP contribution in [0.3, 0.4) is 0 Å². The van der Waals surface area contributed by atoms with Gasteiger partial charge >= 0.3 is 0 Å². The molecule has 3 aromatic heterocycles. The summed E-state index contributed by atoms with van der Waals surface area (Å²) in [5.41, 5.74) is 3.08. The molecule has 4 aromatic rings. The molecule has 0 saturated carbocycles. The lowest BCUT2D eigenvalue weighted by atomic mass is 10.2. The third kappa shape index (κ3) is 4.25. The third-order valence-corrected chi connectivity index (χ3v) is 5.53. The van der Waals surface area contributed by atoms with E-state index in [4.69, 9.17) is 4.42 Å². The molecular weight excluding hydrogens is 402 g/mol. The summed E-state index contributed by atoms with van der Waals surface area (Å²) in [5, 5.41) is 7.87. The molecule has 2 N–H and O–H groups in total. The summed E-state index contributed by atoms with van der Waals surface area (Å²) in [4.78, 5) is 33.3. The largest absolute Gasteiger partial charge is 0.469 e. The predicted octanol–water partition coefficient (Wildman–Crippen LogP) is 3.31. The fourth-order valence-electron chi connectivity index (χ4n) is 3.24. The Labute approximate surface area is 176 Å². The number of hydrogen-bond donors (Lipinski definition) is 2. The van der Waals surface area contributed by atoms with E-state index < -0.39 is 0 Å². The predicted molar refractivity (Wildman–Crippen MR) is 115 cm³/mol. The summed E-state index contributed by atoms with van der Waals surface area (Å²) in [7, 11) is 0. The van der Waals surface area contributed by atoms with Crippen LogP contribution in [-0.2, 0) is 17.8 Å². The molecule has 0 aliphatic rings. The lowest BCUT2D eigenvalue weighted by molar-refractivity contribution is -0.120. The molecule has 0 aliphatic heterocycles. The van der Waals surface area contributed by atoms with Crippen molar-refractivity contribution in [1.29, 1.82) is 0 Å². The second-order valence-corrected chi connectivity index (χ2v) is 7.67. The number of imidazole rings is 1. The Morgan fingerprint density at radius 3 is 2.80 bits per heavy atom. The van der Waals surface area contributed by atoms with E-state index in [0.29, 0.717) is 35.2 Å². The van der Waals surface area contributed by atoms with Crippen LogP contribution in [0, 0.1) is 13.8 Å². The van der Waals surface area contributed by atoms with Gasteiger partial charge in [-0.2, -0.15) is 0 Å². The highest BCUT2D eigenvalue weighted by Crippen LogP contribution is 2.18. The average molecular weight is 423 g/mol. The van der Waals surface area contributed by atoms with E-state index in [9.17, 15) is 9.59 Å². The van der Waals surface area contributed by atoms with Crippen LogP contribution >= 0.6 is 11.3 Å². The van der Waals surface area contributed by atoms with E-state index in [1.165, 1.54) is 17.6 Å². The number of aryl methyl sites for hydroxylation is 2. The highest BCUT2D eigenvalue weighted by Gasteiger charge is 2.14. The van der Waals surface area contributed by atoms with Gasteiger partial charge in [-0.1, -0.05) is 12.1 Å². The molecule has 154 valence electrons. The first kappa shape index (κ1) is 19.8. The smallest absolute Gasteiger partial charge is 0.260 e. The number of carbonyl (C=O) groups is 2. The van der Waals surface area contributed by atoms with E-state index in [0.717, 1.165) is 16.9 Å². The van der Waals surface area contributed by atoms with Crippen molar-refractivity contribution < 1.29 is 14.0 Å². The van der Waals surface area contributed by atoms with Crippen molar-refractivity contribution in [2.24, 2.45) is 0 Å². The molecule has 4 rings (SSSR count). The number of thiazole rings is 1. The molecule has 0 fully saturated rings. The lowest BCUT2D eigenvalue weighted by Crippen LogP contribution is -2.29. The maximum atomic E-state index is 12.3. The van der Waals surface area contributed by atoms with Crippen molar-refractivity contribution in [2.45, 2.75) is 26.8 Å². The fraction of sp³-hybridized carbons (Fsp3) is 0.238. The van der Waals surface area contributed by atoms with E-state index in [1.807, 2.05) is 31.2 Å². The van der Waals surface area contributed by atoms with Crippen molar-refractivity contribution in [2.75, 3.05) is 11.9 Å². The van der Waals surface area contributed by atoms with Crippen LogP contribution in [0.4, 0.5) is 5.13 Å². The molecule has 2 amide bonds. The number of carbonyl (C=O) groups excluding carboxylic acids is 2. The molecule has 1 aromatic carbocycles. The maximum absolute atomic E-state index is 12.3. The number of nitrogens with zero attached hydrogens (tertiary/aromatic N) is 3. The number of benzene rings is 1. The number of hydrogen-bond acceptors (Lipinski definition) is 6. The van der Waals surface area contributed by atoms with Gasteiger partial charge in [-0.05, 0) is 32.0 Å². The zero-order valence-electron chi connectivity index (χ0n) is 16.6. The third-order valence-electron chi connectivity index (χ3n) is 4.72. The van der Waals surface area contributed by atoms with Crippen molar-refractivity contribution in [3.63, 3.8) is 0 Å². The van der Waals surface area contributed by atoms with E-state index >= 15 is 0 Å². The summed E-state index contributed by atoms with van der Waals surface area (Å²) in [6, 6.07) is 9.54. The van der Waals surface area contributed by atoms with Crippen LogP contribution in [0.15, 0.2) is 46.4 Å². The summed E-state index contributed by atoms with van der Waals surface area (Å²) < 4.78 is 7.23. The Kier molecular flexibility index (Phi) is 5.62. The van der Waals surface area contributed by atoms with E-state index in [2.05, 4.69) is 25.2 Å². The molecule has 0 unspecified atom stereocenters. The first-order valence-electron chi connectivity index (χ1n) is 9.49. The minimum atomic E-state index is -0.283. The van der Waals surface area contributed by atoms with Gasteiger partial charge in [0.15, 0.2) is 5.13 Å². The Morgan fingerprint density at radius 2 is 2.00 bits per heavy atom. The molecule has 3 heterocycles. The van der Waals surface area contributed by atoms with Crippen molar-refractivity contribution in [3.8, 4) is 0 Å². The van der Waals surface area contributed by atoms with Gasteiger partial charge in [0.2, 0.25) is 5.91 Å². The molecule has 9 heteroatoms. The molecule has 0 atom stereocenters. The standard InChI is InChI=1S/C21H21N5O3S/c1-13-16(7-10-29-13)20(28)25-21-24-15(12-30-21)11-19(27)22-8-9-26-14(2)23-17-5-3-4-6-18(17)26/h3-7,10,12H,8-9,11H2,1-2H3,(H,22,27)(H,24,25,28). The highest BCUT2D eigenvalue weighted by molar-refractivity contribution is 7.14. The van der Waals surface area contributed by atoms with Gasteiger partial charge in [0.1, 0.15) is 11.6 Å². The summed E-state index contributed by atoms with van der Waals surface area (Å²) in [6.45, 7) is 4.81. The lowest BCUT2D eigenvalue weighted by Gasteiger charge is -2.08. The van der Waals surface area contributed by atoms with Gasteiger partial charge in [0.05, 0.1) is 35.0 Å². The molecule has 0 bridgehead atoms. The zero-order chi connectivity index (χ0) is 21.1. The van der Waals surface area contributed by atoms with Gasteiger partial charge in [0, 0.05) is 18.5 Å². The number of nitrogens with one attached hydrogen (secondary N) is 2. The van der Waals surface area contributed by atoms with Crippen LogP contribution in [0.1, 0.15) is 27.6 Å². The second kappa shape index (κ2) is 8.50. The van der Waals surface area contributed by atoms with Crippen molar-refractivity contribution >= 4 is 39.3 Å². The number of aromatic nitrogens is 3. The molecule has 0 aliphatic carbocycles. The molecule has 0 radical (unpaired) electrons. The van der Waals surface area contributed by atoms with Crippen LogP contribution in [-0.4, -0.2) is 32.9 Å². The Bertz CT molecular complexity index is 1210. The van der Waals surface area contributed by atoms with Gasteiger partial charge in [-0.15, -0.1) is 11.3 Å². The van der Waals surface area contributed by atoms with Crippen LogP contribution in [0.5, 0.6) is 0 Å². The fourth-order valence-corrected chi connectivity index (χ4v) is 3.95. The number of para-hydroxylation sites is 2. The number of amides is 2. The number of furan rings is 1. The molecule has 0 spiro atoms. The second-order valence-electron chi connectivity index (χ2n) is 6.81. The normalized spacial score (nSPS) is 11.0. The average Bonchev–Trinajstić information content (AvgIpc) is 3.41. The minimum Gasteiger partial charge on any atom is -0.469 e. The van der Waals surface area contributed by atoms with Crippen LogP contribution in [0.25, 0.3) is 11.0 Å². The Hall–Kier alpha value is -3.46. The molecule has 30 heavy (non-hydrogen) atoms. The SMILES string of the molecule is Cc1occc1C(=O)Nc1nc(CC(=O)NCCn2c(C)nc3ccccc32)cs1. The summed E-state index contributed by atoms with van der Waals surface area (Å²) in [5.74, 6) is 1.06. The minimum absolute atomic E-state index is 0.120. The van der Waals surface area contributed by atoms with Crippen LogP contribution in [0.2, 0.25) is 0 Å². The number of rotatable bonds is 7. The zero-order valence-corrected chi connectivity index (χ0v) is 17.5. The van der Waals surface area contributed by atoms with E-state index in [-0.39, 0.29) is 18.2 Å². The van der Waals surface area contributed by atoms with Gasteiger partial charge in [-0.3, -0.25) is 14.9 Å². The van der Waals surface area contributed by atoms with Gasteiger partial charge in [-0.25, -0.2) is 9.97 Å². The highest BCUT2D eigenvalue weighted by atomic mass is 32.1. The molecule has 0 saturated heterocycles. The van der Waals surface area contributed by atoms with Crippen molar-refractivity contribution in [3.05, 3.63) is 64.8 Å². The topological polar surface area (TPSA) is 102 Å².